The Bertz CT molecular complexity index is 440. The number of ether oxygens (including phenoxy) is 1. The molecule has 4 heteroatoms. The zero-order chi connectivity index (χ0) is 13.7. The smallest absolute Gasteiger partial charge is 0.303 e. The van der Waals surface area contributed by atoms with Gasteiger partial charge >= 0.3 is 5.97 Å². The van der Waals surface area contributed by atoms with Gasteiger partial charge < -0.3 is 9.84 Å². The molecule has 1 aromatic rings. The van der Waals surface area contributed by atoms with Gasteiger partial charge in [0.15, 0.2) is 5.78 Å². The van der Waals surface area contributed by atoms with Crippen molar-refractivity contribution < 1.29 is 19.4 Å². The molecule has 0 radical (unpaired) electrons. The van der Waals surface area contributed by atoms with Crippen molar-refractivity contribution in [3.05, 3.63) is 28.8 Å². The molecule has 0 saturated heterocycles. The van der Waals surface area contributed by atoms with Gasteiger partial charge in [-0.05, 0) is 44.0 Å². The molecule has 0 fully saturated rings. The van der Waals surface area contributed by atoms with E-state index in [0.29, 0.717) is 12.2 Å². The normalized spacial score (nSPS) is 10.2. The van der Waals surface area contributed by atoms with Gasteiger partial charge in [-0.15, -0.1) is 0 Å². The van der Waals surface area contributed by atoms with Crippen molar-refractivity contribution in [2.75, 3.05) is 6.61 Å². The number of carboxylic acid groups (broad SMARTS) is 1. The van der Waals surface area contributed by atoms with Crippen molar-refractivity contribution in [1.82, 2.24) is 0 Å². The lowest BCUT2D eigenvalue weighted by Crippen LogP contribution is -2.08. The van der Waals surface area contributed by atoms with Gasteiger partial charge in [0, 0.05) is 12.0 Å². The summed E-state index contributed by atoms with van der Waals surface area (Å²) in [5, 5.41) is 8.59. The standard InChI is InChI=1S/C14H18O4/c1-4-18-11-7-9(2)14(10(3)8-11)12(15)5-6-13(16)17/h7-8H,4-6H2,1-3H3,(H,16,17). The van der Waals surface area contributed by atoms with Crippen molar-refractivity contribution in [3.63, 3.8) is 0 Å². The molecule has 0 aliphatic carbocycles. The van der Waals surface area contributed by atoms with Crippen LogP contribution in [0.4, 0.5) is 0 Å². The van der Waals surface area contributed by atoms with Gasteiger partial charge in [0.25, 0.3) is 0 Å². The second-order valence-corrected chi connectivity index (χ2v) is 4.18. The molecule has 18 heavy (non-hydrogen) atoms. The van der Waals surface area contributed by atoms with Crippen LogP contribution in [0.1, 0.15) is 41.3 Å². The maximum atomic E-state index is 12.0. The van der Waals surface area contributed by atoms with Crippen LogP contribution in [-0.2, 0) is 4.79 Å². The summed E-state index contributed by atoms with van der Waals surface area (Å²) in [5.74, 6) is -0.345. The second kappa shape index (κ2) is 6.19. The SMILES string of the molecule is CCOc1cc(C)c(C(=O)CCC(=O)O)c(C)c1. The van der Waals surface area contributed by atoms with Crippen LogP contribution in [0.15, 0.2) is 12.1 Å². The number of aliphatic carboxylic acids is 1. The number of benzene rings is 1. The molecule has 0 aliphatic heterocycles. The summed E-state index contributed by atoms with van der Waals surface area (Å²) in [6.07, 6.45) is -0.101. The lowest BCUT2D eigenvalue weighted by atomic mass is 9.96. The highest BCUT2D eigenvalue weighted by molar-refractivity contribution is 6.00. The monoisotopic (exact) mass is 250 g/mol. The third kappa shape index (κ3) is 3.58. The van der Waals surface area contributed by atoms with Gasteiger partial charge in [-0.25, -0.2) is 0 Å². The Morgan fingerprint density at radius 1 is 1.17 bits per heavy atom. The first-order chi connectivity index (χ1) is 8.45. The minimum Gasteiger partial charge on any atom is -0.494 e. The van der Waals surface area contributed by atoms with Crippen LogP contribution in [0.3, 0.4) is 0 Å². The van der Waals surface area contributed by atoms with E-state index in [1.54, 1.807) is 0 Å². The van der Waals surface area contributed by atoms with Crippen molar-refractivity contribution in [2.45, 2.75) is 33.6 Å². The molecule has 1 N–H and O–H groups in total. The van der Waals surface area contributed by atoms with Gasteiger partial charge in [0.05, 0.1) is 13.0 Å². The fourth-order valence-electron chi connectivity index (χ4n) is 1.96. The number of rotatable bonds is 6. The van der Waals surface area contributed by atoms with E-state index < -0.39 is 5.97 Å². The van der Waals surface area contributed by atoms with E-state index in [1.807, 2.05) is 32.9 Å². The predicted octanol–water partition coefficient (Wildman–Crippen LogP) is 2.75. The predicted molar refractivity (Wildman–Crippen MR) is 68.3 cm³/mol. The summed E-state index contributed by atoms with van der Waals surface area (Å²) < 4.78 is 5.40. The minimum atomic E-state index is -0.954. The molecule has 0 aromatic heterocycles. The van der Waals surface area contributed by atoms with E-state index in [9.17, 15) is 9.59 Å². The van der Waals surface area contributed by atoms with E-state index >= 15 is 0 Å². The minimum absolute atomic E-state index is 0.0327. The van der Waals surface area contributed by atoms with E-state index in [0.717, 1.165) is 16.9 Å². The first-order valence-electron chi connectivity index (χ1n) is 5.94. The van der Waals surface area contributed by atoms with E-state index in [2.05, 4.69) is 0 Å². The van der Waals surface area contributed by atoms with Crippen LogP contribution in [0.2, 0.25) is 0 Å². The molecule has 0 amide bonds. The highest BCUT2D eigenvalue weighted by atomic mass is 16.5. The number of hydrogen-bond donors (Lipinski definition) is 1. The largest absolute Gasteiger partial charge is 0.494 e. The molecule has 4 nitrogen and oxygen atoms in total. The van der Waals surface area contributed by atoms with Crippen LogP contribution in [0, 0.1) is 13.8 Å². The maximum absolute atomic E-state index is 12.0. The molecule has 98 valence electrons. The molecule has 1 rings (SSSR count). The van der Waals surface area contributed by atoms with Crippen molar-refractivity contribution >= 4 is 11.8 Å². The van der Waals surface area contributed by atoms with E-state index in [4.69, 9.17) is 9.84 Å². The van der Waals surface area contributed by atoms with Crippen LogP contribution in [-0.4, -0.2) is 23.5 Å². The van der Waals surface area contributed by atoms with Gasteiger partial charge in [-0.2, -0.15) is 0 Å². The highest BCUT2D eigenvalue weighted by Crippen LogP contribution is 2.23. The topological polar surface area (TPSA) is 63.6 Å². The Balaban J connectivity index is 2.95. The third-order valence-electron chi connectivity index (χ3n) is 2.66. The van der Waals surface area contributed by atoms with Crippen molar-refractivity contribution in [1.29, 1.82) is 0 Å². The lowest BCUT2D eigenvalue weighted by molar-refractivity contribution is -0.136. The maximum Gasteiger partial charge on any atom is 0.303 e. The molecule has 0 heterocycles. The van der Waals surface area contributed by atoms with E-state index in [-0.39, 0.29) is 18.6 Å². The Kier molecular flexibility index (Phi) is 4.89. The summed E-state index contributed by atoms with van der Waals surface area (Å²) in [7, 11) is 0. The summed E-state index contributed by atoms with van der Waals surface area (Å²) in [4.78, 5) is 22.4. The number of Topliss-reactive ketones (excluding diaryl/α,β-unsaturated/α-hetero) is 1. The number of aryl methyl sites for hydroxylation is 2. The fraction of sp³-hybridized carbons (Fsp3) is 0.429. The molecule has 1 aromatic carbocycles. The average Bonchev–Trinajstić information content (AvgIpc) is 2.25. The van der Waals surface area contributed by atoms with Gasteiger partial charge in [-0.3, -0.25) is 9.59 Å². The molecule has 0 atom stereocenters. The Labute approximate surface area is 107 Å². The summed E-state index contributed by atoms with van der Waals surface area (Å²) >= 11 is 0. The number of hydrogen-bond acceptors (Lipinski definition) is 3. The molecule has 0 unspecified atom stereocenters. The number of carbonyl (C=O) groups is 2. The third-order valence-corrected chi connectivity index (χ3v) is 2.66. The van der Waals surface area contributed by atoms with Gasteiger partial charge in [0.1, 0.15) is 5.75 Å². The molecular formula is C14H18O4. The second-order valence-electron chi connectivity index (χ2n) is 4.18. The summed E-state index contributed by atoms with van der Waals surface area (Å²) in [6, 6.07) is 3.62. The molecular weight excluding hydrogens is 232 g/mol. The fourth-order valence-corrected chi connectivity index (χ4v) is 1.96. The first-order valence-corrected chi connectivity index (χ1v) is 5.94. The lowest BCUT2D eigenvalue weighted by Gasteiger charge is -2.11. The number of carboxylic acids is 1. The Morgan fingerprint density at radius 3 is 2.17 bits per heavy atom. The average molecular weight is 250 g/mol. The molecule has 0 aliphatic rings. The van der Waals surface area contributed by atoms with Crippen LogP contribution < -0.4 is 4.74 Å². The zero-order valence-corrected chi connectivity index (χ0v) is 10.9. The van der Waals surface area contributed by atoms with Gasteiger partial charge in [-0.1, -0.05) is 0 Å². The van der Waals surface area contributed by atoms with Crippen molar-refractivity contribution in [3.8, 4) is 5.75 Å². The molecule has 0 spiro atoms. The van der Waals surface area contributed by atoms with Crippen LogP contribution in [0.5, 0.6) is 5.75 Å². The van der Waals surface area contributed by atoms with Crippen LogP contribution >= 0.6 is 0 Å². The first kappa shape index (κ1) is 14.2. The zero-order valence-electron chi connectivity index (χ0n) is 10.9. The summed E-state index contributed by atoms with van der Waals surface area (Å²) in [6.45, 7) is 6.15. The van der Waals surface area contributed by atoms with Crippen LogP contribution in [0.25, 0.3) is 0 Å². The highest BCUT2D eigenvalue weighted by Gasteiger charge is 2.14. The summed E-state index contributed by atoms with van der Waals surface area (Å²) in [5.41, 5.74) is 2.27. The Hall–Kier alpha value is -1.84. The Morgan fingerprint density at radius 2 is 1.72 bits per heavy atom. The van der Waals surface area contributed by atoms with E-state index in [1.165, 1.54) is 0 Å². The van der Waals surface area contributed by atoms with Gasteiger partial charge in [0.2, 0.25) is 0 Å². The molecule has 0 saturated carbocycles. The van der Waals surface area contributed by atoms with Crippen molar-refractivity contribution in [2.24, 2.45) is 0 Å². The number of carbonyl (C=O) groups excluding carboxylic acids is 1. The quantitative estimate of drug-likeness (QED) is 0.788. The molecule has 0 bridgehead atoms. The number of ketones is 1.